The molecule has 1 aromatic rings. The summed E-state index contributed by atoms with van der Waals surface area (Å²) in [7, 11) is -1.17. The smallest absolute Gasteiger partial charge is 0.275 e. The van der Waals surface area contributed by atoms with Gasteiger partial charge in [0, 0.05) is 17.1 Å². The molecule has 0 aliphatic rings. The largest absolute Gasteiger partial charge is 0.315 e. The highest BCUT2D eigenvalue weighted by atomic mass is 79.9. The topological polar surface area (TPSA) is 55.2 Å². The molecular formula is C11H17BrN2O2Si. The van der Waals surface area contributed by atoms with Gasteiger partial charge < -0.3 is 5.32 Å². The zero-order valence-corrected chi connectivity index (χ0v) is 12.9. The van der Waals surface area contributed by atoms with Crippen LogP contribution in [0.5, 0.6) is 0 Å². The van der Waals surface area contributed by atoms with E-state index in [0.717, 1.165) is 16.2 Å². The molecule has 0 aliphatic heterocycles. The van der Waals surface area contributed by atoms with E-state index >= 15 is 0 Å². The van der Waals surface area contributed by atoms with Crippen molar-refractivity contribution in [3.63, 3.8) is 0 Å². The molecule has 1 rings (SSSR count). The Morgan fingerprint density at radius 3 is 2.59 bits per heavy atom. The molecule has 6 heteroatoms. The number of benzene rings is 1. The lowest BCUT2D eigenvalue weighted by atomic mass is 10.2. The summed E-state index contributed by atoms with van der Waals surface area (Å²) < 4.78 is 0.787. The molecule has 0 aromatic heterocycles. The van der Waals surface area contributed by atoms with Crippen molar-refractivity contribution in [3.8, 4) is 0 Å². The van der Waals surface area contributed by atoms with Crippen molar-refractivity contribution in [2.24, 2.45) is 0 Å². The predicted molar refractivity (Wildman–Crippen MR) is 75.8 cm³/mol. The normalized spacial score (nSPS) is 11.5. The maximum atomic E-state index is 10.9. The summed E-state index contributed by atoms with van der Waals surface area (Å²) in [6.07, 6.45) is 0.950. The van der Waals surface area contributed by atoms with Crippen LogP contribution in [0.25, 0.3) is 0 Å². The van der Waals surface area contributed by atoms with Crippen LogP contribution in [-0.2, 0) is 6.54 Å². The summed E-state index contributed by atoms with van der Waals surface area (Å²) in [5.41, 5.74) is 0.887. The molecule has 0 unspecified atom stereocenters. The van der Waals surface area contributed by atoms with Crippen molar-refractivity contribution in [1.82, 2.24) is 5.32 Å². The van der Waals surface area contributed by atoms with Crippen LogP contribution in [0, 0.1) is 10.1 Å². The van der Waals surface area contributed by atoms with Crippen LogP contribution in [0.15, 0.2) is 22.7 Å². The van der Waals surface area contributed by atoms with E-state index in [4.69, 9.17) is 0 Å². The highest BCUT2D eigenvalue weighted by Crippen LogP contribution is 2.26. The van der Waals surface area contributed by atoms with E-state index in [1.807, 2.05) is 6.07 Å². The number of nitrogens with zero attached hydrogens (tertiary/aromatic N) is 1. The lowest BCUT2D eigenvalue weighted by molar-refractivity contribution is -0.385. The molecule has 0 amide bonds. The van der Waals surface area contributed by atoms with Gasteiger partial charge in [-0.25, -0.2) is 0 Å². The molecule has 0 radical (unpaired) electrons. The SMILES string of the molecule is C[Si](C)(C)CNCc1c(Br)cccc1[N+](=O)[O-]. The van der Waals surface area contributed by atoms with Crippen molar-refractivity contribution < 1.29 is 4.92 Å². The Labute approximate surface area is 111 Å². The predicted octanol–water partition coefficient (Wildman–Crippen LogP) is 3.32. The lowest BCUT2D eigenvalue weighted by Crippen LogP contribution is -2.36. The van der Waals surface area contributed by atoms with Gasteiger partial charge in [-0.2, -0.15) is 0 Å². The maximum Gasteiger partial charge on any atom is 0.275 e. The van der Waals surface area contributed by atoms with Crippen LogP contribution in [0.1, 0.15) is 5.56 Å². The Hall–Kier alpha value is -0.723. The number of hydrogen-bond donors (Lipinski definition) is 1. The first-order valence-electron chi connectivity index (χ1n) is 5.44. The molecule has 0 spiro atoms. The average molecular weight is 317 g/mol. The monoisotopic (exact) mass is 316 g/mol. The highest BCUT2D eigenvalue weighted by molar-refractivity contribution is 9.10. The van der Waals surface area contributed by atoms with Gasteiger partial charge in [-0.15, -0.1) is 0 Å². The highest BCUT2D eigenvalue weighted by Gasteiger charge is 2.17. The molecule has 94 valence electrons. The number of halogens is 1. The van der Waals surface area contributed by atoms with Crippen LogP contribution in [-0.4, -0.2) is 19.2 Å². The van der Waals surface area contributed by atoms with Gasteiger partial charge in [0.25, 0.3) is 5.69 Å². The zero-order chi connectivity index (χ0) is 13.1. The number of rotatable bonds is 5. The third-order valence-electron chi connectivity index (χ3n) is 2.25. The summed E-state index contributed by atoms with van der Waals surface area (Å²) in [4.78, 5) is 10.6. The molecule has 1 N–H and O–H groups in total. The minimum atomic E-state index is -1.17. The Morgan fingerprint density at radius 1 is 1.41 bits per heavy atom. The van der Waals surface area contributed by atoms with Gasteiger partial charge >= 0.3 is 0 Å². The van der Waals surface area contributed by atoms with E-state index in [1.54, 1.807) is 6.07 Å². The fourth-order valence-corrected chi connectivity index (χ4v) is 2.83. The molecular weight excluding hydrogens is 300 g/mol. The van der Waals surface area contributed by atoms with Gasteiger partial charge in [0.2, 0.25) is 0 Å². The fraction of sp³-hybridized carbons (Fsp3) is 0.455. The molecule has 0 saturated heterocycles. The molecule has 0 bridgehead atoms. The van der Waals surface area contributed by atoms with Crippen LogP contribution in [0.2, 0.25) is 19.6 Å². The lowest BCUT2D eigenvalue weighted by Gasteiger charge is -2.16. The quantitative estimate of drug-likeness (QED) is 0.515. The van der Waals surface area contributed by atoms with Gasteiger partial charge in [0.15, 0.2) is 0 Å². The van der Waals surface area contributed by atoms with E-state index in [0.29, 0.717) is 6.54 Å². The first-order valence-corrected chi connectivity index (χ1v) is 9.94. The van der Waals surface area contributed by atoms with Crippen LogP contribution in [0.4, 0.5) is 5.69 Å². The minimum Gasteiger partial charge on any atom is -0.315 e. The van der Waals surface area contributed by atoms with Crippen molar-refractivity contribution >= 4 is 29.7 Å². The van der Waals surface area contributed by atoms with Gasteiger partial charge in [0.1, 0.15) is 0 Å². The van der Waals surface area contributed by atoms with Gasteiger partial charge in [-0.05, 0) is 12.2 Å². The van der Waals surface area contributed by atoms with Gasteiger partial charge in [-0.1, -0.05) is 41.6 Å². The second kappa shape index (κ2) is 5.75. The van der Waals surface area contributed by atoms with Crippen LogP contribution >= 0.6 is 15.9 Å². The summed E-state index contributed by atoms with van der Waals surface area (Å²) >= 11 is 3.36. The number of nitro groups is 1. The van der Waals surface area contributed by atoms with Crippen molar-refractivity contribution in [2.75, 3.05) is 6.17 Å². The van der Waals surface area contributed by atoms with Crippen molar-refractivity contribution in [1.29, 1.82) is 0 Å². The first-order chi connectivity index (χ1) is 7.81. The van der Waals surface area contributed by atoms with Crippen LogP contribution < -0.4 is 5.32 Å². The van der Waals surface area contributed by atoms with E-state index in [9.17, 15) is 10.1 Å². The molecule has 0 aliphatic carbocycles. The summed E-state index contributed by atoms with van der Waals surface area (Å²) in [6.45, 7) is 7.30. The molecule has 17 heavy (non-hydrogen) atoms. The Morgan fingerprint density at radius 2 is 2.06 bits per heavy atom. The average Bonchev–Trinajstić information content (AvgIpc) is 2.18. The molecule has 0 fully saturated rings. The number of hydrogen-bond acceptors (Lipinski definition) is 3. The van der Waals surface area contributed by atoms with Crippen molar-refractivity contribution in [2.45, 2.75) is 26.2 Å². The van der Waals surface area contributed by atoms with E-state index in [2.05, 4.69) is 40.9 Å². The Kier molecular flexibility index (Phi) is 4.85. The standard InChI is InChI=1S/C11H17BrN2O2Si/c1-17(2,3)8-13-7-9-10(12)5-4-6-11(9)14(15)16/h4-6,13H,7-8H2,1-3H3. The van der Waals surface area contributed by atoms with E-state index in [-0.39, 0.29) is 10.6 Å². The molecule has 0 heterocycles. The first kappa shape index (κ1) is 14.3. The third-order valence-corrected chi connectivity index (χ3v) is 4.30. The summed E-state index contributed by atoms with van der Waals surface area (Å²) in [5, 5.41) is 14.2. The fourth-order valence-electron chi connectivity index (χ4n) is 1.46. The van der Waals surface area contributed by atoms with Gasteiger partial charge in [-0.3, -0.25) is 10.1 Å². The molecule has 0 saturated carbocycles. The van der Waals surface area contributed by atoms with Gasteiger partial charge in [0.05, 0.1) is 18.6 Å². The van der Waals surface area contributed by atoms with E-state index < -0.39 is 8.07 Å². The minimum absolute atomic E-state index is 0.169. The molecule has 0 atom stereocenters. The number of nitro benzene ring substituents is 1. The van der Waals surface area contributed by atoms with Crippen molar-refractivity contribution in [3.05, 3.63) is 38.3 Å². The van der Waals surface area contributed by atoms with E-state index in [1.165, 1.54) is 6.07 Å². The Bertz CT molecular complexity index is 418. The second-order valence-corrected chi connectivity index (χ2v) is 11.5. The number of nitrogens with one attached hydrogen (secondary N) is 1. The zero-order valence-electron chi connectivity index (χ0n) is 10.3. The maximum absolute atomic E-state index is 10.9. The third kappa shape index (κ3) is 4.57. The Balaban J connectivity index is 2.79. The second-order valence-electron chi connectivity index (χ2n) is 5.16. The summed E-state index contributed by atoms with van der Waals surface area (Å²) in [6, 6.07) is 5.05. The van der Waals surface area contributed by atoms with Crippen LogP contribution in [0.3, 0.4) is 0 Å². The molecule has 4 nitrogen and oxygen atoms in total. The molecule has 1 aromatic carbocycles. The summed E-state index contributed by atoms with van der Waals surface area (Å²) in [5.74, 6) is 0.